The number of para-hydroxylation sites is 1. The number of methoxy groups -OCH3 is 2. The van der Waals surface area contributed by atoms with Gasteiger partial charge in [0.05, 0.1) is 14.2 Å². The zero-order chi connectivity index (χ0) is 11.5. The van der Waals surface area contributed by atoms with Gasteiger partial charge in [-0.1, -0.05) is 11.6 Å². The molecule has 0 atom stereocenters. The lowest BCUT2D eigenvalue weighted by Crippen LogP contribution is -2.14. The first-order valence-corrected chi connectivity index (χ1v) is 5.41. The zero-order valence-corrected chi connectivity index (χ0v) is 9.99. The summed E-state index contributed by atoms with van der Waals surface area (Å²) in [4.78, 5) is 2.19. The average Bonchev–Trinajstić information content (AvgIpc) is 2.74. The van der Waals surface area contributed by atoms with Crippen LogP contribution in [0.25, 0.3) is 0 Å². The largest absolute Gasteiger partial charge is 0.494 e. The van der Waals surface area contributed by atoms with E-state index >= 15 is 0 Å². The second-order valence-corrected chi connectivity index (χ2v) is 3.93. The minimum Gasteiger partial charge on any atom is -0.494 e. The first-order chi connectivity index (χ1) is 7.76. The number of hydrogen-bond donors (Lipinski definition) is 0. The van der Waals surface area contributed by atoms with E-state index in [4.69, 9.17) is 9.47 Å². The average molecular weight is 219 g/mol. The maximum atomic E-state index is 5.38. The maximum absolute atomic E-state index is 5.38. The van der Waals surface area contributed by atoms with Crippen LogP contribution in [-0.4, -0.2) is 20.8 Å². The molecule has 0 aromatic heterocycles. The van der Waals surface area contributed by atoms with Crippen LogP contribution in [0.5, 0.6) is 11.5 Å². The van der Waals surface area contributed by atoms with Crippen molar-refractivity contribution in [2.45, 2.75) is 13.3 Å². The van der Waals surface area contributed by atoms with E-state index in [0.717, 1.165) is 30.2 Å². The molecule has 0 aliphatic carbocycles. The van der Waals surface area contributed by atoms with Gasteiger partial charge >= 0.3 is 0 Å². The van der Waals surface area contributed by atoms with Crippen molar-refractivity contribution in [3.05, 3.63) is 30.0 Å². The molecule has 1 aliphatic rings. The number of ether oxygens (including phenoxy) is 2. The van der Waals surface area contributed by atoms with E-state index in [1.165, 1.54) is 5.57 Å². The van der Waals surface area contributed by atoms with Crippen LogP contribution >= 0.6 is 0 Å². The lowest BCUT2D eigenvalue weighted by atomic mass is 10.2. The third kappa shape index (κ3) is 1.85. The molecule has 0 N–H and O–H groups in total. The van der Waals surface area contributed by atoms with E-state index < -0.39 is 0 Å². The van der Waals surface area contributed by atoms with Crippen molar-refractivity contribution in [3.63, 3.8) is 0 Å². The van der Waals surface area contributed by atoms with Gasteiger partial charge in [0.15, 0.2) is 0 Å². The number of hydrogen-bond acceptors (Lipinski definition) is 3. The molecule has 0 bridgehead atoms. The summed E-state index contributed by atoms with van der Waals surface area (Å²) in [5, 5.41) is 0. The van der Waals surface area contributed by atoms with Crippen molar-refractivity contribution >= 4 is 5.69 Å². The highest BCUT2D eigenvalue weighted by molar-refractivity contribution is 5.70. The van der Waals surface area contributed by atoms with E-state index in [9.17, 15) is 0 Å². The molecule has 0 radical (unpaired) electrons. The highest BCUT2D eigenvalue weighted by Crippen LogP contribution is 2.39. The Kier molecular flexibility index (Phi) is 3.04. The molecule has 0 amide bonds. The van der Waals surface area contributed by atoms with Gasteiger partial charge in [-0.05, 0) is 25.5 Å². The molecule has 0 unspecified atom stereocenters. The Bertz CT molecular complexity index is 390. The lowest BCUT2D eigenvalue weighted by molar-refractivity contribution is 0.395. The second-order valence-electron chi connectivity index (χ2n) is 3.93. The number of benzene rings is 1. The fraction of sp³-hybridized carbons (Fsp3) is 0.385. The van der Waals surface area contributed by atoms with E-state index in [2.05, 4.69) is 18.0 Å². The first-order valence-electron chi connectivity index (χ1n) is 5.41. The second kappa shape index (κ2) is 4.47. The van der Waals surface area contributed by atoms with Gasteiger partial charge in [0.1, 0.15) is 17.2 Å². The summed E-state index contributed by atoms with van der Waals surface area (Å²) in [5.41, 5.74) is 2.40. The van der Waals surface area contributed by atoms with Crippen LogP contribution in [0.1, 0.15) is 13.3 Å². The first kappa shape index (κ1) is 10.9. The van der Waals surface area contributed by atoms with Crippen molar-refractivity contribution in [2.75, 3.05) is 25.7 Å². The summed E-state index contributed by atoms with van der Waals surface area (Å²) >= 11 is 0. The molecule has 3 nitrogen and oxygen atoms in total. The Labute approximate surface area is 96.3 Å². The standard InChI is InChI=1S/C13H17NO2/c1-10-7-8-14(9-10)13-11(15-2)5-4-6-12(13)16-3/h4-6,9H,7-8H2,1-3H3. The zero-order valence-electron chi connectivity index (χ0n) is 9.99. The molecule has 1 heterocycles. The Hall–Kier alpha value is -1.64. The third-order valence-corrected chi connectivity index (χ3v) is 2.81. The smallest absolute Gasteiger partial charge is 0.146 e. The van der Waals surface area contributed by atoms with Gasteiger partial charge in [-0.25, -0.2) is 0 Å². The van der Waals surface area contributed by atoms with Crippen LogP contribution < -0.4 is 14.4 Å². The van der Waals surface area contributed by atoms with Crippen LogP contribution in [0.3, 0.4) is 0 Å². The highest BCUT2D eigenvalue weighted by atomic mass is 16.5. The fourth-order valence-corrected chi connectivity index (χ4v) is 1.98. The minimum absolute atomic E-state index is 0.852. The van der Waals surface area contributed by atoms with Crippen LogP contribution in [-0.2, 0) is 0 Å². The Morgan fingerprint density at radius 2 is 1.75 bits per heavy atom. The van der Waals surface area contributed by atoms with Gasteiger partial charge in [-0.2, -0.15) is 0 Å². The van der Waals surface area contributed by atoms with Crippen molar-refractivity contribution in [1.82, 2.24) is 0 Å². The Morgan fingerprint density at radius 1 is 1.12 bits per heavy atom. The van der Waals surface area contributed by atoms with E-state index in [0.29, 0.717) is 0 Å². The molecule has 1 aromatic rings. The molecule has 0 saturated heterocycles. The van der Waals surface area contributed by atoms with Gasteiger partial charge in [-0.3, -0.25) is 0 Å². The van der Waals surface area contributed by atoms with Crippen LogP contribution in [0.15, 0.2) is 30.0 Å². The summed E-state index contributed by atoms with van der Waals surface area (Å²) < 4.78 is 10.8. The maximum Gasteiger partial charge on any atom is 0.146 e. The van der Waals surface area contributed by atoms with Gasteiger partial charge in [0.2, 0.25) is 0 Å². The number of nitrogens with zero attached hydrogens (tertiary/aromatic N) is 1. The predicted octanol–water partition coefficient (Wildman–Crippen LogP) is 2.82. The van der Waals surface area contributed by atoms with Crippen molar-refractivity contribution in [1.29, 1.82) is 0 Å². The van der Waals surface area contributed by atoms with Crippen molar-refractivity contribution in [2.24, 2.45) is 0 Å². The quantitative estimate of drug-likeness (QED) is 0.780. The molecule has 1 aromatic carbocycles. The summed E-state index contributed by atoms with van der Waals surface area (Å²) in [5.74, 6) is 1.70. The molecule has 0 fully saturated rings. The molecule has 16 heavy (non-hydrogen) atoms. The SMILES string of the molecule is COc1cccc(OC)c1N1C=C(C)CC1. The van der Waals surface area contributed by atoms with Gasteiger partial charge in [0.25, 0.3) is 0 Å². The molecular formula is C13H17NO2. The lowest BCUT2D eigenvalue weighted by Gasteiger charge is -2.21. The van der Waals surface area contributed by atoms with Crippen molar-refractivity contribution < 1.29 is 9.47 Å². The molecule has 0 spiro atoms. The van der Waals surface area contributed by atoms with Gasteiger partial charge in [0, 0.05) is 12.7 Å². The molecule has 86 valence electrons. The highest BCUT2D eigenvalue weighted by Gasteiger charge is 2.19. The van der Waals surface area contributed by atoms with E-state index in [-0.39, 0.29) is 0 Å². The monoisotopic (exact) mass is 219 g/mol. The molecular weight excluding hydrogens is 202 g/mol. The summed E-state index contributed by atoms with van der Waals surface area (Å²) in [7, 11) is 3.37. The summed E-state index contributed by atoms with van der Waals surface area (Å²) in [6, 6.07) is 5.85. The third-order valence-electron chi connectivity index (χ3n) is 2.81. The minimum atomic E-state index is 0.852. The van der Waals surface area contributed by atoms with Crippen LogP contribution in [0, 0.1) is 0 Å². The molecule has 0 saturated carbocycles. The Balaban J connectivity index is 2.44. The molecule has 3 heteroatoms. The van der Waals surface area contributed by atoms with Crippen molar-refractivity contribution in [3.8, 4) is 11.5 Å². The summed E-state index contributed by atoms with van der Waals surface area (Å²) in [6.07, 6.45) is 3.25. The number of rotatable bonds is 3. The molecule has 1 aliphatic heterocycles. The van der Waals surface area contributed by atoms with E-state index in [1.807, 2.05) is 18.2 Å². The number of anilines is 1. The van der Waals surface area contributed by atoms with Crippen LogP contribution in [0.4, 0.5) is 5.69 Å². The normalized spacial score (nSPS) is 14.9. The molecule has 2 rings (SSSR count). The topological polar surface area (TPSA) is 21.7 Å². The summed E-state index contributed by atoms with van der Waals surface area (Å²) in [6.45, 7) is 3.13. The van der Waals surface area contributed by atoms with Crippen LogP contribution in [0.2, 0.25) is 0 Å². The predicted molar refractivity (Wildman–Crippen MR) is 65.3 cm³/mol. The fourth-order valence-electron chi connectivity index (χ4n) is 1.98. The van der Waals surface area contributed by atoms with Gasteiger partial charge in [-0.15, -0.1) is 0 Å². The Morgan fingerprint density at radius 3 is 2.19 bits per heavy atom. The van der Waals surface area contributed by atoms with E-state index in [1.54, 1.807) is 14.2 Å². The van der Waals surface area contributed by atoms with Gasteiger partial charge < -0.3 is 14.4 Å².